The standard InChI is InChI=1S/C21H17ClN2O2/c1-13-17(22)7-4-8-19(13)24-20(25)12-18(21(24)26)23-16-10-9-14-5-2-3-6-15(14)11-16/h2-11,18,23H,12H2,1H3/t18-/m0/s1. The molecule has 1 fully saturated rings. The predicted octanol–water partition coefficient (Wildman–Crippen LogP) is 4.55. The summed E-state index contributed by atoms with van der Waals surface area (Å²) in [5.74, 6) is -0.479. The number of nitrogens with one attached hydrogen (secondary N) is 1. The monoisotopic (exact) mass is 364 g/mol. The molecule has 4 nitrogen and oxygen atoms in total. The van der Waals surface area contributed by atoms with Crippen LogP contribution in [0.4, 0.5) is 11.4 Å². The maximum Gasteiger partial charge on any atom is 0.256 e. The Morgan fingerprint density at radius 1 is 1.00 bits per heavy atom. The van der Waals surface area contributed by atoms with E-state index in [-0.39, 0.29) is 18.2 Å². The Bertz CT molecular complexity index is 1030. The summed E-state index contributed by atoms with van der Waals surface area (Å²) in [7, 11) is 0. The van der Waals surface area contributed by atoms with Crippen LogP contribution in [0.2, 0.25) is 5.02 Å². The van der Waals surface area contributed by atoms with Crippen molar-refractivity contribution in [1.82, 2.24) is 0 Å². The molecule has 1 atom stereocenters. The quantitative estimate of drug-likeness (QED) is 0.694. The molecular formula is C21H17ClN2O2. The molecule has 2 amide bonds. The van der Waals surface area contributed by atoms with Crippen LogP contribution in [-0.4, -0.2) is 17.9 Å². The lowest BCUT2D eigenvalue weighted by molar-refractivity contribution is -0.121. The second-order valence-electron chi connectivity index (χ2n) is 6.41. The van der Waals surface area contributed by atoms with Gasteiger partial charge in [0.1, 0.15) is 6.04 Å². The van der Waals surface area contributed by atoms with Crippen molar-refractivity contribution in [3.8, 4) is 0 Å². The van der Waals surface area contributed by atoms with E-state index in [1.165, 1.54) is 4.90 Å². The topological polar surface area (TPSA) is 49.4 Å². The highest BCUT2D eigenvalue weighted by Crippen LogP contribution is 2.31. The summed E-state index contributed by atoms with van der Waals surface area (Å²) in [4.78, 5) is 26.6. The van der Waals surface area contributed by atoms with Gasteiger partial charge in [0.05, 0.1) is 12.1 Å². The Balaban J connectivity index is 1.61. The second kappa shape index (κ2) is 6.46. The lowest BCUT2D eigenvalue weighted by Gasteiger charge is -2.18. The lowest BCUT2D eigenvalue weighted by Crippen LogP contribution is -2.35. The van der Waals surface area contributed by atoms with Crippen LogP contribution in [0.5, 0.6) is 0 Å². The van der Waals surface area contributed by atoms with Gasteiger partial charge < -0.3 is 5.32 Å². The second-order valence-corrected chi connectivity index (χ2v) is 6.82. The summed E-state index contributed by atoms with van der Waals surface area (Å²) in [6.45, 7) is 1.81. The van der Waals surface area contributed by atoms with Gasteiger partial charge in [0.15, 0.2) is 0 Å². The van der Waals surface area contributed by atoms with Gasteiger partial charge in [-0.2, -0.15) is 0 Å². The van der Waals surface area contributed by atoms with Crippen LogP contribution < -0.4 is 10.2 Å². The van der Waals surface area contributed by atoms with Crippen molar-refractivity contribution in [3.05, 3.63) is 71.2 Å². The van der Waals surface area contributed by atoms with Gasteiger partial charge in [-0.15, -0.1) is 0 Å². The molecule has 3 aromatic carbocycles. The number of carbonyl (C=O) groups excluding carboxylic acids is 2. The third-order valence-corrected chi connectivity index (χ3v) is 5.13. The van der Waals surface area contributed by atoms with Crippen LogP contribution in [0.1, 0.15) is 12.0 Å². The van der Waals surface area contributed by atoms with Crippen LogP contribution in [0.15, 0.2) is 60.7 Å². The first kappa shape index (κ1) is 16.6. The van der Waals surface area contributed by atoms with E-state index in [0.717, 1.165) is 22.0 Å². The minimum absolute atomic E-state index is 0.123. The zero-order chi connectivity index (χ0) is 18.3. The van der Waals surface area contributed by atoms with Gasteiger partial charge >= 0.3 is 0 Å². The molecule has 1 heterocycles. The highest BCUT2D eigenvalue weighted by Gasteiger charge is 2.40. The van der Waals surface area contributed by atoms with E-state index >= 15 is 0 Å². The van der Waals surface area contributed by atoms with E-state index in [1.54, 1.807) is 18.2 Å². The molecule has 3 aromatic rings. The van der Waals surface area contributed by atoms with Crippen LogP contribution in [0.25, 0.3) is 10.8 Å². The van der Waals surface area contributed by atoms with Crippen molar-refractivity contribution in [3.63, 3.8) is 0 Å². The van der Waals surface area contributed by atoms with E-state index < -0.39 is 6.04 Å². The number of benzene rings is 3. The van der Waals surface area contributed by atoms with Crippen molar-refractivity contribution < 1.29 is 9.59 Å². The zero-order valence-electron chi connectivity index (χ0n) is 14.2. The minimum Gasteiger partial charge on any atom is -0.373 e. The number of anilines is 2. The number of hydrogen-bond donors (Lipinski definition) is 1. The number of hydrogen-bond acceptors (Lipinski definition) is 3. The SMILES string of the molecule is Cc1c(Cl)cccc1N1C(=O)C[C@H](Nc2ccc3ccccc3c2)C1=O. The maximum absolute atomic E-state index is 12.8. The smallest absolute Gasteiger partial charge is 0.256 e. The average Bonchev–Trinajstić information content (AvgIpc) is 2.91. The van der Waals surface area contributed by atoms with Gasteiger partial charge in [-0.05, 0) is 47.5 Å². The summed E-state index contributed by atoms with van der Waals surface area (Å²) in [5.41, 5.74) is 2.09. The molecule has 5 heteroatoms. The Hall–Kier alpha value is -2.85. The van der Waals surface area contributed by atoms with E-state index in [0.29, 0.717) is 10.7 Å². The first-order valence-corrected chi connectivity index (χ1v) is 8.79. The van der Waals surface area contributed by atoms with Crippen molar-refractivity contribution in [2.24, 2.45) is 0 Å². The molecule has 26 heavy (non-hydrogen) atoms. The number of imide groups is 1. The first-order chi connectivity index (χ1) is 12.5. The molecule has 0 aromatic heterocycles. The highest BCUT2D eigenvalue weighted by atomic mass is 35.5. The molecule has 1 aliphatic heterocycles. The third-order valence-electron chi connectivity index (χ3n) is 4.72. The summed E-state index contributed by atoms with van der Waals surface area (Å²) < 4.78 is 0. The lowest BCUT2D eigenvalue weighted by atomic mass is 10.1. The van der Waals surface area contributed by atoms with E-state index in [2.05, 4.69) is 5.32 Å². The zero-order valence-corrected chi connectivity index (χ0v) is 15.0. The van der Waals surface area contributed by atoms with Crippen LogP contribution in [0.3, 0.4) is 0 Å². The molecule has 0 saturated carbocycles. The van der Waals surface area contributed by atoms with Crippen molar-refractivity contribution >= 4 is 45.6 Å². The number of amides is 2. The molecule has 1 saturated heterocycles. The molecule has 1 aliphatic rings. The van der Waals surface area contributed by atoms with Gasteiger partial charge in [-0.3, -0.25) is 9.59 Å². The molecule has 0 aliphatic carbocycles. The molecule has 0 radical (unpaired) electrons. The number of carbonyl (C=O) groups is 2. The summed E-state index contributed by atoms with van der Waals surface area (Å²) in [6.07, 6.45) is 0.123. The Kier molecular flexibility index (Phi) is 4.13. The average molecular weight is 365 g/mol. The fraction of sp³-hybridized carbons (Fsp3) is 0.143. The molecule has 1 N–H and O–H groups in total. The van der Waals surface area contributed by atoms with E-state index in [4.69, 9.17) is 11.6 Å². The van der Waals surface area contributed by atoms with Crippen molar-refractivity contribution in [2.45, 2.75) is 19.4 Å². The normalized spacial score (nSPS) is 17.2. The number of rotatable bonds is 3. The minimum atomic E-state index is -0.581. The third kappa shape index (κ3) is 2.82. The first-order valence-electron chi connectivity index (χ1n) is 8.42. The molecule has 130 valence electrons. The fourth-order valence-corrected chi connectivity index (χ4v) is 3.49. The van der Waals surface area contributed by atoms with Crippen molar-refractivity contribution in [1.29, 1.82) is 0 Å². The van der Waals surface area contributed by atoms with Crippen LogP contribution in [-0.2, 0) is 9.59 Å². The van der Waals surface area contributed by atoms with Crippen LogP contribution >= 0.6 is 11.6 Å². The number of fused-ring (bicyclic) bond motifs is 1. The van der Waals surface area contributed by atoms with Gasteiger partial charge in [0, 0.05) is 10.7 Å². The Morgan fingerprint density at radius 3 is 2.58 bits per heavy atom. The van der Waals surface area contributed by atoms with Gasteiger partial charge in [-0.25, -0.2) is 4.90 Å². The Labute approximate surface area is 156 Å². The predicted molar refractivity (Wildman–Crippen MR) is 105 cm³/mol. The van der Waals surface area contributed by atoms with Gasteiger partial charge in [0.2, 0.25) is 5.91 Å². The molecule has 0 spiro atoms. The van der Waals surface area contributed by atoms with E-state index in [9.17, 15) is 9.59 Å². The molecule has 0 unspecified atom stereocenters. The fourth-order valence-electron chi connectivity index (χ4n) is 3.32. The van der Waals surface area contributed by atoms with Crippen LogP contribution in [0, 0.1) is 6.92 Å². The van der Waals surface area contributed by atoms with E-state index in [1.807, 2.05) is 49.4 Å². The van der Waals surface area contributed by atoms with Gasteiger partial charge in [-0.1, -0.05) is 48.0 Å². The molecule has 4 rings (SSSR count). The van der Waals surface area contributed by atoms with Gasteiger partial charge in [0.25, 0.3) is 5.91 Å². The number of halogens is 1. The maximum atomic E-state index is 12.8. The van der Waals surface area contributed by atoms with Crippen molar-refractivity contribution in [2.75, 3.05) is 10.2 Å². The number of nitrogens with zero attached hydrogens (tertiary/aromatic N) is 1. The Morgan fingerprint density at radius 2 is 1.77 bits per heavy atom. The highest BCUT2D eigenvalue weighted by molar-refractivity contribution is 6.32. The summed E-state index contributed by atoms with van der Waals surface area (Å²) in [5, 5.41) is 5.95. The largest absolute Gasteiger partial charge is 0.373 e. The molecular weight excluding hydrogens is 348 g/mol. The molecule has 0 bridgehead atoms. The summed E-state index contributed by atoms with van der Waals surface area (Å²) >= 11 is 6.14. The summed E-state index contributed by atoms with van der Waals surface area (Å²) in [6, 6.07) is 18.6.